The average Bonchev–Trinajstić information content (AvgIpc) is 2.99. The molecule has 0 spiro atoms. The summed E-state index contributed by atoms with van der Waals surface area (Å²) in [5.74, 6) is 3.25. The molecule has 0 aromatic carbocycles. The highest BCUT2D eigenvalue weighted by Crippen LogP contribution is 2.28. The molecular formula is C16H19N7O. The van der Waals surface area contributed by atoms with Gasteiger partial charge in [-0.25, -0.2) is 15.0 Å². The van der Waals surface area contributed by atoms with E-state index in [0.29, 0.717) is 23.3 Å². The van der Waals surface area contributed by atoms with Gasteiger partial charge < -0.3 is 15.2 Å². The summed E-state index contributed by atoms with van der Waals surface area (Å²) in [6.07, 6.45) is 4.63. The molecule has 124 valence electrons. The van der Waals surface area contributed by atoms with Crippen LogP contribution in [0.25, 0.3) is 11.0 Å². The average molecular weight is 325 g/mol. The molecule has 8 heteroatoms. The fraction of sp³-hybridized carbons (Fsp3) is 0.438. The van der Waals surface area contributed by atoms with Gasteiger partial charge in [-0.3, -0.25) is 0 Å². The van der Waals surface area contributed by atoms with E-state index in [1.165, 1.54) is 0 Å². The molecule has 0 saturated carbocycles. The van der Waals surface area contributed by atoms with Crippen LogP contribution in [0.2, 0.25) is 0 Å². The van der Waals surface area contributed by atoms with Crippen LogP contribution in [0, 0.1) is 12.8 Å². The standard InChI is InChI=1S/C16H19N7O/c1-10-20-14(22-24-10)7-11-3-2-6-23(8-11)16-12-4-5-13(17)21-15(12)18-9-19-16/h4-5,9,11H,2-3,6-8H2,1H3,(H2,17,18,19,21). The molecule has 0 amide bonds. The second-order valence-electron chi connectivity index (χ2n) is 6.19. The van der Waals surface area contributed by atoms with E-state index in [4.69, 9.17) is 10.3 Å². The van der Waals surface area contributed by atoms with Crippen molar-refractivity contribution in [2.75, 3.05) is 23.7 Å². The first-order valence-corrected chi connectivity index (χ1v) is 8.10. The molecule has 1 fully saturated rings. The number of pyridine rings is 1. The first kappa shape index (κ1) is 14.8. The van der Waals surface area contributed by atoms with E-state index < -0.39 is 0 Å². The number of rotatable bonds is 3. The maximum Gasteiger partial charge on any atom is 0.223 e. The Morgan fingerprint density at radius 2 is 2.21 bits per heavy atom. The van der Waals surface area contributed by atoms with Crippen molar-refractivity contribution >= 4 is 22.7 Å². The minimum atomic E-state index is 0.469. The van der Waals surface area contributed by atoms with E-state index in [2.05, 4.69) is 30.0 Å². The number of nitrogens with two attached hydrogens (primary N) is 1. The summed E-state index contributed by atoms with van der Waals surface area (Å²) in [5, 5.41) is 4.95. The minimum absolute atomic E-state index is 0.469. The van der Waals surface area contributed by atoms with Crippen LogP contribution in [-0.2, 0) is 6.42 Å². The highest BCUT2D eigenvalue weighted by atomic mass is 16.5. The van der Waals surface area contributed by atoms with Crippen molar-refractivity contribution in [1.29, 1.82) is 0 Å². The van der Waals surface area contributed by atoms with Crippen LogP contribution in [0.4, 0.5) is 11.6 Å². The molecule has 4 heterocycles. The Morgan fingerprint density at radius 1 is 1.29 bits per heavy atom. The van der Waals surface area contributed by atoms with Crippen molar-refractivity contribution in [3.63, 3.8) is 0 Å². The predicted molar refractivity (Wildman–Crippen MR) is 89.4 cm³/mol. The molecule has 0 radical (unpaired) electrons. The van der Waals surface area contributed by atoms with Gasteiger partial charge in [-0.15, -0.1) is 0 Å². The zero-order valence-corrected chi connectivity index (χ0v) is 13.5. The van der Waals surface area contributed by atoms with Gasteiger partial charge in [0, 0.05) is 26.4 Å². The molecule has 0 bridgehead atoms. The number of nitrogens with zero attached hydrogens (tertiary/aromatic N) is 6. The number of hydrogen-bond acceptors (Lipinski definition) is 8. The van der Waals surface area contributed by atoms with Gasteiger partial charge in [0.15, 0.2) is 11.5 Å². The van der Waals surface area contributed by atoms with Crippen molar-refractivity contribution in [2.45, 2.75) is 26.2 Å². The molecule has 0 aliphatic carbocycles. The first-order valence-electron chi connectivity index (χ1n) is 8.10. The van der Waals surface area contributed by atoms with Crippen LogP contribution in [0.3, 0.4) is 0 Å². The Kier molecular flexibility index (Phi) is 3.72. The monoisotopic (exact) mass is 325 g/mol. The summed E-state index contributed by atoms with van der Waals surface area (Å²) >= 11 is 0. The molecule has 4 rings (SSSR count). The van der Waals surface area contributed by atoms with Crippen molar-refractivity contribution in [1.82, 2.24) is 25.1 Å². The highest BCUT2D eigenvalue weighted by molar-refractivity contribution is 5.87. The number of nitrogen functional groups attached to an aromatic ring is 1. The Bertz CT molecular complexity index is 863. The van der Waals surface area contributed by atoms with Gasteiger partial charge in [-0.05, 0) is 30.9 Å². The third-order valence-corrected chi connectivity index (χ3v) is 4.36. The van der Waals surface area contributed by atoms with E-state index >= 15 is 0 Å². The number of aryl methyl sites for hydroxylation is 1. The minimum Gasteiger partial charge on any atom is -0.384 e. The number of hydrogen-bond donors (Lipinski definition) is 1. The smallest absolute Gasteiger partial charge is 0.223 e. The lowest BCUT2D eigenvalue weighted by Crippen LogP contribution is -2.37. The molecule has 3 aromatic rings. The van der Waals surface area contributed by atoms with Gasteiger partial charge >= 0.3 is 0 Å². The first-order chi connectivity index (χ1) is 11.7. The highest BCUT2D eigenvalue weighted by Gasteiger charge is 2.24. The summed E-state index contributed by atoms with van der Waals surface area (Å²) < 4.78 is 5.07. The summed E-state index contributed by atoms with van der Waals surface area (Å²) in [4.78, 5) is 19.6. The van der Waals surface area contributed by atoms with Gasteiger partial charge in [-0.1, -0.05) is 5.16 Å². The van der Waals surface area contributed by atoms with Crippen molar-refractivity contribution in [2.24, 2.45) is 5.92 Å². The van der Waals surface area contributed by atoms with Crippen molar-refractivity contribution < 1.29 is 4.52 Å². The lowest BCUT2D eigenvalue weighted by atomic mass is 9.94. The number of aromatic nitrogens is 5. The van der Waals surface area contributed by atoms with E-state index in [1.807, 2.05) is 13.0 Å². The number of piperidine rings is 1. The van der Waals surface area contributed by atoms with Crippen LogP contribution in [-0.4, -0.2) is 38.2 Å². The largest absolute Gasteiger partial charge is 0.384 e. The summed E-state index contributed by atoms with van der Waals surface area (Å²) in [5.41, 5.74) is 6.39. The Labute approximate surface area is 139 Å². The molecule has 1 aliphatic rings. The van der Waals surface area contributed by atoms with Crippen molar-refractivity contribution in [3.8, 4) is 0 Å². The molecular weight excluding hydrogens is 306 g/mol. The van der Waals surface area contributed by atoms with Gasteiger partial charge in [0.2, 0.25) is 5.89 Å². The maximum absolute atomic E-state index is 5.75. The fourth-order valence-electron chi connectivity index (χ4n) is 3.30. The Morgan fingerprint density at radius 3 is 3.04 bits per heavy atom. The lowest BCUT2D eigenvalue weighted by Gasteiger charge is -2.33. The molecule has 1 saturated heterocycles. The Hall–Kier alpha value is -2.77. The Balaban J connectivity index is 1.58. The maximum atomic E-state index is 5.75. The zero-order chi connectivity index (χ0) is 16.5. The van der Waals surface area contributed by atoms with E-state index in [-0.39, 0.29) is 0 Å². The van der Waals surface area contributed by atoms with E-state index in [9.17, 15) is 0 Å². The van der Waals surface area contributed by atoms with E-state index in [1.54, 1.807) is 12.4 Å². The molecule has 1 unspecified atom stereocenters. The quantitative estimate of drug-likeness (QED) is 0.776. The summed E-state index contributed by atoms with van der Waals surface area (Å²) in [7, 11) is 0. The van der Waals surface area contributed by atoms with Crippen LogP contribution in [0.15, 0.2) is 23.0 Å². The number of anilines is 2. The third kappa shape index (κ3) is 2.86. The van der Waals surface area contributed by atoms with Gasteiger partial charge in [0.25, 0.3) is 0 Å². The molecule has 24 heavy (non-hydrogen) atoms. The SMILES string of the molecule is Cc1nc(CC2CCCN(c3ncnc4nc(N)ccc34)C2)no1. The van der Waals surface area contributed by atoms with Crippen LogP contribution in [0.1, 0.15) is 24.6 Å². The second-order valence-corrected chi connectivity index (χ2v) is 6.19. The summed E-state index contributed by atoms with van der Waals surface area (Å²) in [6.45, 7) is 3.69. The molecule has 8 nitrogen and oxygen atoms in total. The topological polar surface area (TPSA) is 107 Å². The molecule has 1 atom stereocenters. The molecule has 3 aromatic heterocycles. The van der Waals surface area contributed by atoms with Crippen LogP contribution in [0.5, 0.6) is 0 Å². The summed E-state index contributed by atoms with van der Waals surface area (Å²) in [6, 6.07) is 3.73. The van der Waals surface area contributed by atoms with Gasteiger partial charge in [-0.2, -0.15) is 4.98 Å². The van der Waals surface area contributed by atoms with Crippen LogP contribution >= 0.6 is 0 Å². The molecule has 1 aliphatic heterocycles. The third-order valence-electron chi connectivity index (χ3n) is 4.36. The predicted octanol–water partition coefficient (Wildman–Crippen LogP) is 1.76. The van der Waals surface area contributed by atoms with Crippen molar-refractivity contribution in [3.05, 3.63) is 30.2 Å². The van der Waals surface area contributed by atoms with Crippen LogP contribution < -0.4 is 10.6 Å². The second kappa shape index (κ2) is 6.03. The zero-order valence-electron chi connectivity index (χ0n) is 13.5. The normalized spacial score (nSPS) is 18.2. The molecule has 2 N–H and O–H groups in total. The number of fused-ring (bicyclic) bond motifs is 1. The van der Waals surface area contributed by atoms with E-state index in [0.717, 1.165) is 49.4 Å². The van der Waals surface area contributed by atoms with Gasteiger partial charge in [0.1, 0.15) is 18.0 Å². The fourth-order valence-corrected chi connectivity index (χ4v) is 3.30. The van der Waals surface area contributed by atoms with Gasteiger partial charge in [0.05, 0.1) is 5.39 Å². The lowest BCUT2D eigenvalue weighted by molar-refractivity contribution is 0.369.